The molecule has 2 N–H and O–H groups in total. The maximum Gasteiger partial charge on any atom is 0.256 e. The lowest BCUT2D eigenvalue weighted by Crippen LogP contribution is -2.13. The average Bonchev–Trinajstić information content (AvgIpc) is 3.26. The molecule has 1 aromatic carbocycles. The molecule has 0 unspecified atom stereocenters. The van der Waals surface area contributed by atoms with E-state index in [1.165, 1.54) is 6.07 Å². The maximum absolute atomic E-state index is 14.0. The lowest BCUT2D eigenvalue weighted by atomic mass is 10.00. The van der Waals surface area contributed by atoms with Crippen LogP contribution in [-0.4, -0.2) is 29.1 Å². The molecule has 1 fully saturated rings. The number of ether oxygens (including phenoxy) is 1. The van der Waals surface area contributed by atoms with E-state index in [1.54, 1.807) is 24.5 Å². The number of H-pyrrole nitrogens is 1. The summed E-state index contributed by atoms with van der Waals surface area (Å²) in [6.07, 6.45) is 4.27. The second-order valence-corrected chi connectivity index (χ2v) is 5.89. The van der Waals surface area contributed by atoms with Gasteiger partial charge in [0, 0.05) is 35.9 Å². The fourth-order valence-corrected chi connectivity index (χ4v) is 3.01. The van der Waals surface area contributed by atoms with Gasteiger partial charge in [0.1, 0.15) is 11.6 Å². The Hall–Kier alpha value is -2.73. The predicted molar refractivity (Wildman–Crippen MR) is 88.6 cm³/mol. The van der Waals surface area contributed by atoms with Gasteiger partial charge in [-0.1, -0.05) is 0 Å². The Morgan fingerprint density at radius 2 is 2.25 bits per heavy atom. The molecule has 6 heteroatoms. The maximum atomic E-state index is 14.0. The van der Waals surface area contributed by atoms with Gasteiger partial charge in [-0.05, 0) is 42.3 Å². The van der Waals surface area contributed by atoms with E-state index >= 15 is 0 Å². The molecule has 3 aromatic rings. The Balaban J connectivity index is 1.57. The lowest BCUT2D eigenvalue weighted by molar-refractivity contribution is 0.102. The number of hydrogen-bond acceptors (Lipinski definition) is 3. The standard InChI is InChI=1S/C18H16FN3O2/c19-15-8-14(7-12-2-5-21-17(12)15)18(23)22-16-9-11(1-4-20-16)13-3-6-24-10-13/h1-2,4-5,7-9,13,21H,3,6,10H2,(H,20,22,23)/t13-/m0/s1. The zero-order chi connectivity index (χ0) is 16.5. The number of pyridine rings is 1. The normalized spacial score (nSPS) is 17.3. The van der Waals surface area contributed by atoms with Gasteiger partial charge >= 0.3 is 0 Å². The third-order valence-corrected chi connectivity index (χ3v) is 4.30. The van der Waals surface area contributed by atoms with Crippen LogP contribution in [0.5, 0.6) is 0 Å². The van der Waals surface area contributed by atoms with Gasteiger partial charge in [0.05, 0.1) is 12.1 Å². The van der Waals surface area contributed by atoms with Gasteiger partial charge in [0.2, 0.25) is 0 Å². The number of benzene rings is 1. The van der Waals surface area contributed by atoms with Gasteiger partial charge < -0.3 is 15.0 Å². The van der Waals surface area contributed by atoms with Crippen LogP contribution in [0.3, 0.4) is 0 Å². The number of anilines is 1. The van der Waals surface area contributed by atoms with E-state index < -0.39 is 5.82 Å². The van der Waals surface area contributed by atoms with Crippen molar-refractivity contribution in [3.05, 3.63) is 59.7 Å². The summed E-state index contributed by atoms with van der Waals surface area (Å²) in [4.78, 5) is 19.4. The minimum Gasteiger partial charge on any atom is -0.381 e. The topological polar surface area (TPSA) is 67.0 Å². The molecule has 1 aliphatic heterocycles. The minimum absolute atomic E-state index is 0.260. The first-order valence-electron chi connectivity index (χ1n) is 7.82. The predicted octanol–water partition coefficient (Wildman–Crippen LogP) is 3.46. The molecule has 3 heterocycles. The number of aromatic amines is 1. The van der Waals surface area contributed by atoms with Gasteiger partial charge in [-0.3, -0.25) is 4.79 Å². The Morgan fingerprint density at radius 3 is 3.08 bits per heavy atom. The quantitative estimate of drug-likeness (QED) is 0.775. The second-order valence-electron chi connectivity index (χ2n) is 5.89. The van der Waals surface area contributed by atoms with Gasteiger partial charge in [0.15, 0.2) is 0 Å². The summed E-state index contributed by atoms with van der Waals surface area (Å²) in [5.74, 6) is -0.0481. The first-order chi connectivity index (χ1) is 11.7. The number of halogens is 1. The molecule has 122 valence electrons. The second kappa shape index (κ2) is 6.05. The fourth-order valence-electron chi connectivity index (χ4n) is 3.01. The van der Waals surface area contributed by atoms with Crippen LogP contribution >= 0.6 is 0 Å². The number of aromatic nitrogens is 2. The molecular formula is C18H16FN3O2. The molecule has 24 heavy (non-hydrogen) atoms. The van der Waals surface area contributed by atoms with Gasteiger partial charge in [-0.2, -0.15) is 0 Å². The summed E-state index contributed by atoms with van der Waals surface area (Å²) in [5.41, 5.74) is 1.74. The molecule has 0 spiro atoms. The van der Waals surface area contributed by atoms with Crippen LogP contribution < -0.4 is 5.32 Å². The molecule has 0 saturated carbocycles. The van der Waals surface area contributed by atoms with Crippen molar-refractivity contribution >= 4 is 22.6 Å². The summed E-state index contributed by atoms with van der Waals surface area (Å²) < 4.78 is 19.4. The van der Waals surface area contributed by atoms with Crippen molar-refractivity contribution in [3.8, 4) is 0 Å². The van der Waals surface area contributed by atoms with Gasteiger partial charge in [-0.25, -0.2) is 9.37 Å². The first kappa shape index (κ1) is 14.8. The number of amides is 1. The van der Waals surface area contributed by atoms with E-state index in [2.05, 4.69) is 15.3 Å². The van der Waals surface area contributed by atoms with E-state index in [0.29, 0.717) is 29.2 Å². The van der Waals surface area contributed by atoms with Crippen LogP contribution in [0.1, 0.15) is 28.3 Å². The van der Waals surface area contributed by atoms with Gasteiger partial charge in [-0.15, -0.1) is 0 Å². The van der Waals surface area contributed by atoms with Crippen molar-refractivity contribution < 1.29 is 13.9 Å². The SMILES string of the molecule is O=C(Nc1cc([C@H]2CCOC2)ccn1)c1cc(F)c2[nH]ccc2c1. The molecule has 0 bridgehead atoms. The van der Waals surface area contributed by atoms with Crippen LogP contribution in [0.15, 0.2) is 42.7 Å². The van der Waals surface area contributed by atoms with Crippen LogP contribution in [-0.2, 0) is 4.74 Å². The highest BCUT2D eigenvalue weighted by molar-refractivity contribution is 6.05. The molecule has 2 aromatic heterocycles. The van der Waals surface area contributed by atoms with E-state index in [0.717, 1.165) is 18.6 Å². The van der Waals surface area contributed by atoms with Crippen molar-refractivity contribution in [2.75, 3.05) is 18.5 Å². The third kappa shape index (κ3) is 2.76. The van der Waals surface area contributed by atoms with Crippen molar-refractivity contribution in [2.24, 2.45) is 0 Å². The van der Waals surface area contributed by atoms with Crippen LogP contribution in [0.25, 0.3) is 10.9 Å². The zero-order valence-electron chi connectivity index (χ0n) is 12.9. The molecule has 0 aliphatic carbocycles. The third-order valence-electron chi connectivity index (χ3n) is 4.30. The number of nitrogens with zero attached hydrogens (tertiary/aromatic N) is 1. The molecule has 1 aliphatic rings. The molecule has 5 nitrogen and oxygen atoms in total. The largest absolute Gasteiger partial charge is 0.381 e. The Kier molecular flexibility index (Phi) is 3.74. The van der Waals surface area contributed by atoms with Crippen molar-refractivity contribution in [1.29, 1.82) is 0 Å². The number of carbonyl (C=O) groups is 1. The van der Waals surface area contributed by atoms with Crippen molar-refractivity contribution in [1.82, 2.24) is 9.97 Å². The van der Waals surface area contributed by atoms with Gasteiger partial charge in [0.25, 0.3) is 5.91 Å². The lowest BCUT2D eigenvalue weighted by Gasteiger charge is -2.10. The van der Waals surface area contributed by atoms with Crippen LogP contribution in [0.2, 0.25) is 0 Å². The Bertz CT molecular complexity index is 900. The molecular weight excluding hydrogens is 309 g/mol. The van der Waals surface area contributed by atoms with Crippen LogP contribution in [0.4, 0.5) is 10.2 Å². The van der Waals surface area contributed by atoms with E-state index in [-0.39, 0.29) is 11.5 Å². The smallest absolute Gasteiger partial charge is 0.256 e. The minimum atomic E-state index is -0.451. The highest BCUT2D eigenvalue weighted by Gasteiger charge is 2.19. The summed E-state index contributed by atoms with van der Waals surface area (Å²) in [6.45, 7) is 1.44. The Labute approximate surface area is 137 Å². The molecule has 0 radical (unpaired) electrons. The number of carbonyl (C=O) groups excluding carboxylic acids is 1. The summed E-state index contributed by atoms with van der Waals surface area (Å²) >= 11 is 0. The number of hydrogen-bond donors (Lipinski definition) is 2. The zero-order valence-corrected chi connectivity index (χ0v) is 12.9. The molecule has 1 atom stereocenters. The fraction of sp³-hybridized carbons (Fsp3) is 0.222. The summed E-state index contributed by atoms with van der Waals surface area (Å²) in [5, 5.41) is 3.40. The number of fused-ring (bicyclic) bond motifs is 1. The van der Waals surface area contributed by atoms with E-state index in [4.69, 9.17) is 4.74 Å². The average molecular weight is 325 g/mol. The Morgan fingerprint density at radius 1 is 1.33 bits per heavy atom. The first-order valence-corrected chi connectivity index (χ1v) is 7.82. The van der Waals surface area contributed by atoms with Crippen molar-refractivity contribution in [3.63, 3.8) is 0 Å². The highest BCUT2D eigenvalue weighted by atomic mass is 19.1. The number of rotatable bonds is 3. The molecule has 1 saturated heterocycles. The monoisotopic (exact) mass is 325 g/mol. The highest BCUT2D eigenvalue weighted by Crippen LogP contribution is 2.26. The number of nitrogens with one attached hydrogen (secondary N) is 2. The van der Waals surface area contributed by atoms with Crippen LogP contribution in [0, 0.1) is 5.82 Å². The van der Waals surface area contributed by atoms with Crippen molar-refractivity contribution in [2.45, 2.75) is 12.3 Å². The van der Waals surface area contributed by atoms with E-state index in [9.17, 15) is 9.18 Å². The van der Waals surface area contributed by atoms with E-state index in [1.807, 2.05) is 12.1 Å². The molecule has 1 amide bonds. The summed E-state index contributed by atoms with van der Waals surface area (Å²) in [6, 6.07) is 8.39. The molecule has 4 rings (SSSR count). The summed E-state index contributed by atoms with van der Waals surface area (Å²) in [7, 11) is 0.